The lowest BCUT2D eigenvalue weighted by Gasteiger charge is -2.26. The molecule has 21 heavy (non-hydrogen) atoms. The van der Waals surface area contributed by atoms with Crippen LogP contribution in [-0.2, 0) is 12.0 Å². The summed E-state index contributed by atoms with van der Waals surface area (Å²) in [6, 6.07) is 10.5. The topological polar surface area (TPSA) is 15.3 Å². The Kier molecular flexibility index (Phi) is 5.45. The van der Waals surface area contributed by atoms with Gasteiger partial charge in [-0.15, -0.1) is 0 Å². The van der Waals surface area contributed by atoms with Gasteiger partial charge in [0.15, 0.2) is 0 Å². The van der Waals surface area contributed by atoms with Crippen molar-refractivity contribution in [2.75, 3.05) is 13.1 Å². The van der Waals surface area contributed by atoms with E-state index in [4.69, 9.17) is 0 Å². The summed E-state index contributed by atoms with van der Waals surface area (Å²) in [6.45, 7) is 14.7. The van der Waals surface area contributed by atoms with E-state index in [1.165, 1.54) is 30.5 Å². The van der Waals surface area contributed by atoms with Crippen LogP contribution < -0.4 is 5.32 Å². The molecule has 1 heterocycles. The lowest BCUT2D eigenvalue weighted by atomic mass is 9.87. The molecule has 1 aliphatic rings. The van der Waals surface area contributed by atoms with Gasteiger partial charge in [-0.2, -0.15) is 0 Å². The van der Waals surface area contributed by atoms with Gasteiger partial charge in [0.2, 0.25) is 0 Å². The molecule has 1 aromatic carbocycles. The molecule has 2 nitrogen and oxygen atoms in total. The van der Waals surface area contributed by atoms with Crippen molar-refractivity contribution in [3.63, 3.8) is 0 Å². The van der Waals surface area contributed by atoms with Crippen LogP contribution in [0.3, 0.4) is 0 Å². The predicted molar refractivity (Wildman–Crippen MR) is 91.7 cm³/mol. The lowest BCUT2D eigenvalue weighted by molar-refractivity contribution is 0.236. The minimum atomic E-state index is 0.246. The Balaban J connectivity index is 1.94. The summed E-state index contributed by atoms with van der Waals surface area (Å²) < 4.78 is 0. The molecule has 0 aliphatic carbocycles. The minimum Gasteiger partial charge on any atom is -0.313 e. The van der Waals surface area contributed by atoms with Gasteiger partial charge in [-0.05, 0) is 35.9 Å². The highest BCUT2D eigenvalue weighted by atomic mass is 15.2. The molecule has 1 atom stereocenters. The minimum absolute atomic E-state index is 0.246. The molecule has 1 aliphatic heterocycles. The van der Waals surface area contributed by atoms with E-state index in [2.05, 4.69) is 69.1 Å². The molecule has 0 radical (unpaired) electrons. The monoisotopic (exact) mass is 288 g/mol. The molecule has 1 aromatic rings. The summed E-state index contributed by atoms with van der Waals surface area (Å²) >= 11 is 0. The van der Waals surface area contributed by atoms with E-state index in [-0.39, 0.29) is 5.41 Å². The van der Waals surface area contributed by atoms with Gasteiger partial charge in [0, 0.05) is 25.2 Å². The molecule has 1 N–H and O–H groups in total. The highest BCUT2D eigenvalue weighted by molar-refractivity contribution is 5.27. The number of hydrogen-bond donors (Lipinski definition) is 1. The summed E-state index contributed by atoms with van der Waals surface area (Å²) in [5, 5.41) is 3.59. The maximum atomic E-state index is 3.59. The Morgan fingerprint density at radius 3 is 2.43 bits per heavy atom. The molecule has 0 bridgehead atoms. The van der Waals surface area contributed by atoms with Crippen LogP contribution in [0.25, 0.3) is 0 Å². The average molecular weight is 288 g/mol. The largest absolute Gasteiger partial charge is 0.313 e. The standard InChI is InChI=1S/C19H32N2/c1-15(2)20-13-18-7-6-12-21(18)14-16-8-10-17(11-9-16)19(3,4)5/h8-11,15,18,20H,6-7,12-14H2,1-5H3. The van der Waals surface area contributed by atoms with Crippen molar-refractivity contribution in [3.05, 3.63) is 35.4 Å². The maximum absolute atomic E-state index is 3.59. The van der Waals surface area contributed by atoms with E-state index >= 15 is 0 Å². The number of benzene rings is 1. The Bertz CT molecular complexity index is 428. The molecule has 0 amide bonds. The van der Waals surface area contributed by atoms with Gasteiger partial charge in [0.25, 0.3) is 0 Å². The normalized spacial score (nSPS) is 20.4. The predicted octanol–water partition coefficient (Wildman–Crippen LogP) is 3.95. The van der Waals surface area contributed by atoms with E-state index in [1.54, 1.807) is 0 Å². The maximum Gasteiger partial charge on any atom is 0.0237 e. The van der Waals surface area contributed by atoms with Crippen LogP contribution >= 0.6 is 0 Å². The van der Waals surface area contributed by atoms with Crippen LogP contribution in [0.1, 0.15) is 58.6 Å². The average Bonchev–Trinajstić information content (AvgIpc) is 2.83. The van der Waals surface area contributed by atoms with Crippen molar-refractivity contribution in [2.45, 2.75) is 71.5 Å². The molecule has 1 unspecified atom stereocenters. The number of likely N-dealkylation sites (tertiary alicyclic amines) is 1. The van der Waals surface area contributed by atoms with Crippen molar-refractivity contribution in [1.29, 1.82) is 0 Å². The van der Waals surface area contributed by atoms with Gasteiger partial charge in [-0.25, -0.2) is 0 Å². The number of nitrogens with one attached hydrogen (secondary N) is 1. The Labute approximate surface area is 130 Å². The van der Waals surface area contributed by atoms with Gasteiger partial charge in [0.05, 0.1) is 0 Å². The number of nitrogens with zero attached hydrogens (tertiary/aromatic N) is 1. The fraction of sp³-hybridized carbons (Fsp3) is 0.684. The van der Waals surface area contributed by atoms with Gasteiger partial charge < -0.3 is 5.32 Å². The second kappa shape index (κ2) is 6.93. The Morgan fingerprint density at radius 1 is 1.19 bits per heavy atom. The third-order valence-corrected chi connectivity index (χ3v) is 4.47. The first-order valence-corrected chi connectivity index (χ1v) is 8.43. The highest BCUT2D eigenvalue weighted by Gasteiger charge is 2.24. The lowest BCUT2D eigenvalue weighted by Crippen LogP contribution is -2.39. The summed E-state index contributed by atoms with van der Waals surface area (Å²) in [5.74, 6) is 0. The zero-order valence-electron chi connectivity index (χ0n) is 14.4. The highest BCUT2D eigenvalue weighted by Crippen LogP contribution is 2.24. The zero-order chi connectivity index (χ0) is 15.5. The first-order valence-electron chi connectivity index (χ1n) is 8.43. The summed E-state index contributed by atoms with van der Waals surface area (Å²) in [4.78, 5) is 2.64. The van der Waals surface area contributed by atoms with Gasteiger partial charge in [-0.3, -0.25) is 4.90 Å². The molecule has 118 valence electrons. The van der Waals surface area contributed by atoms with E-state index in [0.717, 1.165) is 13.1 Å². The quantitative estimate of drug-likeness (QED) is 0.882. The zero-order valence-corrected chi connectivity index (χ0v) is 14.4. The molecular formula is C19H32N2. The second-order valence-corrected chi connectivity index (χ2v) is 7.78. The van der Waals surface area contributed by atoms with Crippen molar-refractivity contribution >= 4 is 0 Å². The van der Waals surface area contributed by atoms with Crippen molar-refractivity contribution < 1.29 is 0 Å². The molecular weight excluding hydrogens is 256 g/mol. The summed E-state index contributed by atoms with van der Waals surface area (Å²) in [7, 11) is 0. The van der Waals surface area contributed by atoms with E-state index in [9.17, 15) is 0 Å². The van der Waals surface area contributed by atoms with Crippen LogP contribution in [0.5, 0.6) is 0 Å². The van der Waals surface area contributed by atoms with Crippen LogP contribution in [0.15, 0.2) is 24.3 Å². The molecule has 0 aromatic heterocycles. The van der Waals surface area contributed by atoms with Gasteiger partial charge >= 0.3 is 0 Å². The summed E-state index contributed by atoms with van der Waals surface area (Å²) in [6.07, 6.45) is 2.67. The first-order chi connectivity index (χ1) is 9.86. The summed E-state index contributed by atoms with van der Waals surface area (Å²) in [5.41, 5.74) is 3.11. The van der Waals surface area contributed by atoms with Crippen LogP contribution in [0, 0.1) is 0 Å². The van der Waals surface area contributed by atoms with Crippen molar-refractivity contribution in [2.24, 2.45) is 0 Å². The third kappa shape index (κ3) is 4.82. The molecule has 0 spiro atoms. The van der Waals surface area contributed by atoms with Crippen LogP contribution in [0.2, 0.25) is 0 Å². The van der Waals surface area contributed by atoms with Gasteiger partial charge in [0.1, 0.15) is 0 Å². The molecule has 2 heteroatoms. The number of rotatable bonds is 5. The first kappa shape index (κ1) is 16.5. The SMILES string of the molecule is CC(C)NCC1CCCN1Cc1ccc(C(C)(C)C)cc1. The van der Waals surface area contributed by atoms with E-state index < -0.39 is 0 Å². The second-order valence-electron chi connectivity index (χ2n) is 7.78. The van der Waals surface area contributed by atoms with Crippen LogP contribution in [0.4, 0.5) is 0 Å². The molecule has 0 saturated carbocycles. The van der Waals surface area contributed by atoms with E-state index in [0.29, 0.717) is 12.1 Å². The van der Waals surface area contributed by atoms with Crippen molar-refractivity contribution in [1.82, 2.24) is 10.2 Å². The van der Waals surface area contributed by atoms with Gasteiger partial charge in [-0.1, -0.05) is 58.9 Å². The smallest absolute Gasteiger partial charge is 0.0237 e. The van der Waals surface area contributed by atoms with Crippen LogP contribution in [-0.4, -0.2) is 30.1 Å². The third-order valence-electron chi connectivity index (χ3n) is 4.47. The Morgan fingerprint density at radius 2 is 1.86 bits per heavy atom. The fourth-order valence-corrected chi connectivity index (χ4v) is 3.05. The Hall–Kier alpha value is -0.860. The van der Waals surface area contributed by atoms with Crippen molar-refractivity contribution in [3.8, 4) is 0 Å². The molecule has 1 fully saturated rings. The molecule has 1 saturated heterocycles. The molecule has 2 rings (SSSR count). The number of hydrogen-bond acceptors (Lipinski definition) is 2. The fourth-order valence-electron chi connectivity index (χ4n) is 3.05. The van der Waals surface area contributed by atoms with E-state index in [1.807, 2.05) is 0 Å².